The standard InChI is InChI=1S/C13H12O/c1-2-5-10(6-3-1)12-9-14-13-8-4-7-11(12)13/h1-3,5-6,9H,4,7-8H2. The Morgan fingerprint density at radius 2 is 1.86 bits per heavy atom. The molecular formula is C13H12O. The summed E-state index contributed by atoms with van der Waals surface area (Å²) in [6.45, 7) is 0. The molecule has 1 aliphatic carbocycles. The zero-order valence-electron chi connectivity index (χ0n) is 7.99. The van der Waals surface area contributed by atoms with Crippen molar-refractivity contribution in [2.45, 2.75) is 19.3 Å². The summed E-state index contributed by atoms with van der Waals surface area (Å²) in [6.07, 6.45) is 5.44. The lowest BCUT2D eigenvalue weighted by Crippen LogP contribution is -1.80. The summed E-state index contributed by atoms with van der Waals surface area (Å²) in [7, 11) is 0. The molecule has 70 valence electrons. The molecule has 1 aliphatic rings. The Kier molecular flexibility index (Phi) is 1.69. The molecule has 0 fully saturated rings. The van der Waals surface area contributed by atoms with E-state index in [-0.39, 0.29) is 0 Å². The van der Waals surface area contributed by atoms with Gasteiger partial charge in [0, 0.05) is 17.5 Å². The first kappa shape index (κ1) is 7.86. The number of rotatable bonds is 1. The topological polar surface area (TPSA) is 13.1 Å². The number of furan rings is 1. The third-order valence-corrected chi connectivity index (χ3v) is 2.90. The number of hydrogen-bond acceptors (Lipinski definition) is 1. The van der Waals surface area contributed by atoms with Gasteiger partial charge in [-0.3, -0.25) is 0 Å². The molecule has 0 amide bonds. The maximum absolute atomic E-state index is 5.56. The van der Waals surface area contributed by atoms with Gasteiger partial charge in [0.25, 0.3) is 0 Å². The highest BCUT2D eigenvalue weighted by Crippen LogP contribution is 2.33. The third kappa shape index (κ3) is 1.09. The van der Waals surface area contributed by atoms with Crippen molar-refractivity contribution in [2.24, 2.45) is 0 Å². The Balaban J connectivity index is 2.13. The lowest BCUT2D eigenvalue weighted by molar-refractivity contribution is 0.516. The van der Waals surface area contributed by atoms with Crippen LogP contribution >= 0.6 is 0 Å². The maximum Gasteiger partial charge on any atom is 0.107 e. The van der Waals surface area contributed by atoms with Gasteiger partial charge < -0.3 is 4.42 Å². The van der Waals surface area contributed by atoms with Crippen molar-refractivity contribution in [3.8, 4) is 11.1 Å². The third-order valence-electron chi connectivity index (χ3n) is 2.90. The molecule has 0 saturated carbocycles. The van der Waals surface area contributed by atoms with Crippen LogP contribution in [0.2, 0.25) is 0 Å². The van der Waals surface area contributed by atoms with Crippen molar-refractivity contribution in [3.05, 3.63) is 47.9 Å². The van der Waals surface area contributed by atoms with E-state index in [1.807, 2.05) is 12.3 Å². The molecule has 1 aromatic carbocycles. The molecule has 0 bridgehead atoms. The minimum Gasteiger partial charge on any atom is -0.468 e. The van der Waals surface area contributed by atoms with Gasteiger partial charge in [0.1, 0.15) is 5.76 Å². The average molecular weight is 184 g/mol. The van der Waals surface area contributed by atoms with Crippen LogP contribution in [0.4, 0.5) is 0 Å². The highest BCUT2D eigenvalue weighted by Gasteiger charge is 2.19. The number of hydrogen-bond donors (Lipinski definition) is 0. The van der Waals surface area contributed by atoms with Gasteiger partial charge in [0.15, 0.2) is 0 Å². The van der Waals surface area contributed by atoms with Crippen molar-refractivity contribution in [2.75, 3.05) is 0 Å². The molecule has 0 N–H and O–H groups in total. The van der Waals surface area contributed by atoms with E-state index in [0.29, 0.717) is 0 Å². The van der Waals surface area contributed by atoms with Crippen LogP contribution in [-0.4, -0.2) is 0 Å². The van der Waals surface area contributed by atoms with Crippen LogP contribution in [0, 0.1) is 0 Å². The van der Waals surface area contributed by atoms with Crippen molar-refractivity contribution in [3.63, 3.8) is 0 Å². The summed E-state index contributed by atoms with van der Waals surface area (Å²) in [5.41, 5.74) is 3.99. The van der Waals surface area contributed by atoms with Crippen LogP contribution in [0.1, 0.15) is 17.7 Å². The molecule has 0 saturated heterocycles. The molecule has 14 heavy (non-hydrogen) atoms. The Hall–Kier alpha value is -1.50. The predicted octanol–water partition coefficient (Wildman–Crippen LogP) is 3.44. The molecule has 0 unspecified atom stereocenters. The normalized spacial score (nSPS) is 14.3. The van der Waals surface area contributed by atoms with Crippen LogP contribution in [0.15, 0.2) is 41.0 Å². The Morgan fingerprint density at radius 3 is 2.71 bits per heavy atom. The summed E-state index contributed by atoms with van der Waals surface area (Å²) in [6, 6.07) is 10.5. The summed E-state index contributed by atoms with van der Waals surface area (Å²) in [5, 5.41) is 0. The van der Waals surface area contributed by atoms with Gasteiger partial charge in [-0.15, -0.1) is 0 Å². The molecule has 3 rings (SSSR count). The monoisotopic (exact) mass is 184 g/mol. The first-order valence-corrected chi connectivity index (χ1v) is 5.10. The second-order valence-corrected chi connectivity index (χ2v) is 3.77. The quantitative estimate of drug-likeness (QED) is 0.661. The lowest BCUT2D eigenvalue weighted by Gasteiger charge is -1.98. The average Bonchev–Trinajstić information content (AvgIpc) is 2.79. The van der Waals surface area contributed by atoms with Gasteiger partial charge in [-0.25, -0.2) is 0 Å². The van der Waals surface area contributed by atoms with E-state index in [1.165, 1.54) is 35.3 Å². The molecule has 0 atom stereocenters. The van der Waals surface area contributed by atoms with E-state index in [2.05, 4.69) is 24.3 Å². The van der Waals surface area contributed by atoms with Crippen LogP contribution in [-0.2, 0) is 12.8 Å². The summed E-state index contributed by atoms with van der Waals surface area (Å²) in [5.74, 6) is 1.20. The van der Waals surface area contributed by atoms with E-state index in [1.54, 1.807) is 0 Å². The largest absolute Gasteiger partial charge is 0.468 e. The zero-order chi connectivity index (χ0) is 9.38. The Morgan fingerprint density at radius 1 is 1.00 bits per heavy atom. The van der Waals surface area contributed by atoms with Gasteiger partial charge >= 0.3 is 0 Å². The lowest BCUT2D eigenvalue weighted by atomic mass is 10.0. The van der Waals surface area contributed by atoms with Crippen LogP contribution in [0.25, 0.3) is 11.1 Å². The van der Waals surface area contributed by atoms with Gasteiger partial charge in [-0.1, -0.05) is 30.3 Å². The minimum absolute atomic E-state index is 1.11. The van der Waals surface area contributed by atoms with Crippen LogP contribution in [0.3, 0.4) is 0 Å². The molecule has 1 heteroatoms. The first-order chi connectivity index (χ1) is 6.95. The second kappa shape index (κ2) is 3.02. The molecule has 1 heterocycles. The van der Waals surface area contributed by atoms with Gasteiger partial charge in [-0.05, 0) is 18.4 Å². The van der Waals surface area contributed by atoms with Crippen molar-refractivity contribution >= 4 is 0 Å². The van der Waals surface area contributed by atoms with Gasteiger partial charge in [0.2, 0.25) is 0 Å². The van der Waals surface area contributed by atoms with Crippen molar-refractivity contribution in [1.29, 1.82) is 0 Å². The summed E-state index contributed by atoms with van der Waals surface area (Å²) >= 11 is 0. The van der Waals surface area contributed by atoms with Crippen molar-refractivity contribution in [1.82, 2.24) is 0 Å². The van der Waals surface area contributed by atoms with E-state index < -0.39 is 0 Å². The minimum atomic E-state index is 1.11. The molecule has 0 radical (unpaired) electrons. The van der Waals surface area contributed by atoms with E-state index in [0.717, 1.165) is 6.42 Å². The summed E-state index contributed by atoms with van der Waals surface area (Å²) in [4.78, 5) is 0. The molecule has 1 aromatic heterocycles. The number of fused-ring (bicyclic) bond motifs is 1. The van der Waals surface area contributed by atoms with Gasteiger partial charge in [0.05, 0.1) is 6.26 Å². The maximum atomic E-state index is 5.56. The second-order valence-electron chi connectivity index (χ2n) is 3.77. The molecule has 0 spiro atoms. The fourth-order valence-corrected chi connectivity index (χ4v) is 2.19. The van der Waals surface area contributed by atoms with E-state index >= 15 is 0 Å². The van der Waals surface area contributed by atoms with Gasteiger partial charge in [-0.2, -0.15) is 0 Å². The summed E-state index contributed by atoms with van der Waals surface area (Å²) < 4.78 is 5.56. The number of benzene rings is 1. The molecule has 1 nitrogen and oxygen atoms in total. The smallest absolute Gasteiger partial charge is 0.107 e. The zero-order valence-corrected chi connectivity index (χ0v) is 7.99. The molecule has 0 aliphatic heterocycles. The fraction of sp³-hybridized carbons (Fsp3) is 0.231. The van der Waals surface area contributed by atoms with Crippen LogP contribution in [0.5, 0.6) is 0 Å². The van der Waals surface area contributed by atoms with E-state index in [9.17, 15) is 0 Å². The predicted molar refractivity (Wildman–Crippen MR) is 56.2 cm³/mol. The first-order valence-electron chi connectivity index (χ1n) is 5.10. The van der Waals surface area contributed by atoms with E-state index in [4.69, 9.17) is 4.42 Å². The Bertz CT molecular complexity index is 440. The van der Waals surface area contributed by atoms with Crippen molar-refractivity contribution < 1.29 is 4.42 Å². The fourth-order valence-electron chi connectivity index (χ4n) is 2.19. The Labute approximate surface area is 83.4 Å². The van der Waals surface area contributed by atoms with Crippen LogP contribution < -0.4 is 0 Å². The molecular weight excluding hydrogens is 172 g/mol. The SMILES string of the molecule is c1ccc(-c2coc3c2CCC3)cc1. The molecule has 2 aromatic rings. The highest BCUT2D eigenvalue weighted by molar-refractivity contribution is 5.67. The number of aryl methyl sites for hydroxylation is 1. The highest BCUT2D eigenvalue weighted by atomic mass is 16.3.